The topological polar surface area (TPSA) is 58.9 Å². The van der Waals surface area contributed by atoms with Crippen LogP contribution in [-0.4, -0.2) is 17.8 Å². The number of isocyanates is 2. The molecule has 4 nitrogen and oxygen atoms in total. The number of hydrogen-bond acceptors (Lipinski definition) is 4. The summed E-state index contributed by atoms with van der Waals surface area (Å²) < 4.78 is 0. The van der Waals surface area contributed by atoms with Crippen LogP contribution in [0.1, 0.15) is 33.1 Å². The number of hydrogen-bond donors (Lipinski definition) is 0. The summed E-state index contributed by atoms with van der Waals surface area (Å²) in [5.41, 5.74) is -0.879. The van der Waals surface area contributed by atoms with Gasteiger partial charge in [0.15, 0.2) is 5.66 Å². The highest BCUT2D eigenvalue weighted by Crippen LogP contribution is 2.39. The molecule has 2 unspecified atom stereocenters. The van der Waals surface area contributed by atoms with Gasteiger partial charge >= 0.3 is 0 Å². The molecule has 0 aromatic carbocycles. The second-order valence-corrected chi connectivity index (χ2v) is 4.07. The van der Waals surface area contributed by atoms with Gasteiger partial charge in [0.1, 0.15) is 0 Å². The second-order valence-electron chi connectivity index (χ2n) is 4.07. The second kappa shape index (κ2) is 4.32. The number of aliphatic imine (C=N–C) groups is 2. The molecule has 1 aliphatic carbocycles. The lowest BCUT2D eigenvalue weighted by atomic mass is 9.76. The van der Waals surface area contributed by atoms with Crippen molar-refractivity contribution in [3.8, 4) is 0 Å². The quantitative estimate of drug-likeness (QED) is 0.497. The largest absolute Gasteiger partial charge is 0.237 e. The normalized spacial score (nSPS) is 36.7. The van der Waals surface area contributed by atoms with Crippen molar-refractivity contribution >= 4 is 12.2 Å². The molecule has 2 atom stereocenters. The van der Waals surface area contributed by atoms with Crippen molar-refractivity contribution in [2.75, 3.05) is 0 Å². The van der Waals surface area contributed by atoms with Crippen LogP contribution in [0.15, 0.2) is 9.98 Å². The van der Waals surface area contributed by atoms with E-state index in [1.54, 1.807) is 0 Å². The Kier molecular flexibility index (Phi) is 3.34. The maximum Gasteiger partial charge on any atom is 0.237 e. The molecule has 1 saturated carbocycles. The number of carbonyl (C=O) groups excluding carboxylic acids is 2. The lowest BCUT2D eigenvalue weighted by Crippen LogP contribution is -2.37. The molecule has 0 aromatic heterocycles. The summed E-state index contributed by atoms with van der Waals surface area (Å²) in [6, 6.07) is 0. The van der Waals surface area contributed by atoms with Gasteiger partial charge in [0.25, 0.3) is 0 Å². The zero-order valence-electron chi connectivity index (χ0n) is 8.49. The Morgan fingerprint density at radius 3 is 2.21 bits per heavy atom. The van der Waals surface area contributed by atoms with Gasteiger partial charge in [0.05, 0.1) is 0 Å². The molecule has 0 aromatic rings. The molecule has 0 radical (unpaired) electrons. The van der Waals surface area contributed by atoms with Crippen molar-refractivity contribution in [3.05, 3.63) is 0 Å². The summed E-state index contributed by atoms with van der Waals surface area (Å²) in [7, 11) is 0. The molecule has 0 spiro atoms. The minimum absolute atomic E-state index is 0.106. The van der Waals surface area contributed by atoms with Gasteiger partial charge in [0.2, 0.25) is 12.2 Å². The Bertz CT molecular complexity index is 283. The Morgan fingerprint density at radius 1 is 1.21 bits per heavy atom. The maximum absolute atomic E-state index is 10.3. The van der Waals surface area contributed by atoms with Crippen molar-refractivity contribution in [1.82, 2.24) is 0 Å². The van der Waals surface area contributed by atoms with Gasteiger partial charge in [-0.3, -0.25) is 0 Å². The van der Waals surface area contributed by atoms with Gasteiger partial charge in [0, 0.05) is 5.92 Å². The Labute approximate surface area is 83.1 Å². The molecule has 1 rings (SSSR count). The SMILES string of the molecule is CC1CCC(N=C=O)(N=C=O)C(C)C1. The molecular formula is C10H14N2O2. The van der Waals surface area contributed by atoms with Crippen molar-refractivity contribution in [2.45, 2.75) is 38.8 Å². The molecule has 0 N–H and O–H groups in total. The van der Waals surface area contributed by atoms with E-state index in [4.69, 9.17) is 0 Å². The molecule has 0 amide bonds. The van der Waals surface area contributed by atoms with E-state index in [1.165, 1.54) is 12.2 Å². The minimum Gasteiger partial charge on any atom is -0.211 e. The fraction of sp³-hybridized carbons (Fsp3) is 0.800. The number of rotatable bonds is 2. The lowest BCUT2D eigenvalue weighted by Gasteiger charge is -2.36. The smallest absolute Gasteiger partial charge is 0.211 e. The molecular weight excluding hydrogens is 180 g/mol. The standard InChI is InChI=1S/C10H14N2O2/c1-8-3-4-10(11-6-13,12-7-14)9(2)5-8/h8-9H,3-5H2,1-2H3. The van der Waals surface area contributed by atoms with Crippen LogP contribution in [0.5, 0.6) is 0 Å². The highest BCUT2D eigenvalue weighted by molar-refractivity contribution is 5.39. The minimum atomic E-state index is -0.879. The predicted molar refractivity (Wildman–Crippen MR) is 51.2 cm³/mol. The van der Waals surface area contributed by atoms with E-state index in [1.807, 2.05) is 6.92 Å². The highest BCUT2D eigenvalue weighted by Gasteiger charge is 2.40. The fourth-order valence-corrected chi connectivity index (χ4v) is 2.13. The summed E-state index contributed by atoms with van der Waals surface area (Å²) in [5, 5.41) is 0. The summed E-state index contributed by atoms with van der Waals surface area (Å²) in [4.78, 5) is 28.0. The Hall–Kier alpha value is -1.24. The van der Waals surface area contributed by atoms with Crippen LogP contribution in [-0.2, 0) is 9.59 Å². The molecule has 14 heavy (non-hydrogen) atoms. The number of nitrogens with zero attached hydrogens (tertiary/aromatic N) is 2. The first-order chi connectivity index (χ1) is 6.64. The predicted octanol–water partition coefficient (Wildman–Crippen LogP) is 1.81. The van der Waals surface area contributed by atoms with E-state index >= 15 is 0 Å². The van der Waals surface area contributed by atoms with Crippen LogP contribution in [0.3, 0.4) is 0 Å². The zero-order valence-corrected chi connectivity index (χ0v) is 8.49. The van der Waals surface area contributed by atoms with Gasteiger partial charge in [-0.05, 0) is 25.2 Å². The van der Waals surface area contributed by atoms with E-state index in [0.29, 0.717) is 12.3 Å². The first-order valence-corrected chi connectivity index (χ1v) is 4.82. The lowest BCUT2D eigenvalue weighted by molar-refractivity contribution is 0.174. The van der Waals surface area contributed by atoms with Crippen molar-refractivity contribution in [3.63, 3.8) is 0 Å². The van der Waals surface area contributed by atoms with Crippen molar-refractivity contribution < 1.29 is 9.59 Å². The van der Waals surface area contributed by atoms with E-state index in [-0.39, 0.29) is 5.92 Å². The third kappa shape index (κ3) is 1.98. The molecule has 1 fully saturated rings. The molecule has 76 valence electrons. The van der Waals surface area contributed by atoms with Crippen LogP contribution in [0.2, 0.25) is 0 Å². The van der Waals surface area contributed by atoms with Crippen LogP contribution >= 0.6 is 0 Å². The first-order valence-electron chi connectivity index (χ1n) is 4.82. The molecule has 0 heterocycles. The van der Waals surface area contributed by atoms with Crippen molar-refractivity contribution in [2.24, 2.45) is 21.8 Å². The average molecular weight is 194 g/mol. The van der Waals surface area contributed by atoms with Crippen LogP contribution in [0.4, 0.5) is 0 Å². The molecule has 0 saturated heterocycles. The molecule has 0 bridgehead atoms. The Balaban J connectivity index is 2.97. The highest BCUT2D eigenvalue weighted by atomic mass is 16.1. The van der Waals surface area contributed by atoms with Gasteiger partial charge in [-0.2, -0.15) is 9.98 Å². The van der Waals surface area contributed by atoms with E-state index in [9.17, 15) is 9.59 Å². The van der Waals surface area contributed by atoms with Gasteiger partial charge in [-0.15, -0.1) is 0 Å². The Morgan fingerprint density at radius 2 is 1.79 bits per heavy atom. The zero-order chi connectivity index (χ0) is 10.6. The van der Waals surface area contributed by atoms with Gasteiger partial charge in [-0.1, -0.05) is 13.8 Å². The maximum atomic E-state index is 10.3. The summed E-state index contributed by atoms with van der Waals surface area (Å²) in [5.74, 6) is 0.705. The monoisotopic (exact) mass is 194 g/mol. The van der Waals surface area contributed by atoms with Crippen LogP contribution in [0, 0.1) is 11.8 Å². The molecule has 0 aliphatic heterocycles. The van der Waals surface area contributed by atoms with E-state index in [2.05, 4.69) is 16.9 Å². The summed E-state index contributed by atoms with van der Waals surface area (Å²) in [6.45, 7) is 4.10. The van der Waals surface area contributed by atoms with Crippen LogP contribution in [0.25, 0.3) is 0 Å². The summed E-state index contributed by atoms with van der Waals surface area (Å²) >= 11 is 0. The first kappa shape index (κ1) is 10.8. The third-order valence-electron chi connectivity index (χ3n) is 3.03. The summed E-state index contributed by atoms with van der Waals surface area (Å²) in [6.07, 6.45) is 5.52. The fourth-order valence-electron chi connectivity index (χ4n) is 2.13. The van der Waals surface area contributed by atoms with E-state index < -0.39 is 5.66 Å². The van der Waals surface area contributed by atoms with Gasteiger partial charge < -0.3 is 0 Å². The molecule has 1 aliphatic rings. The molecule has 4 heteroatoms. The van der Waals surface area contributed by atoms with Gasteiger partial charge in [-0.25, -0.2) is 9.59 Å². The van der Waals surface area contributed by atoms with E-state index in [0.717, 1.165) is 12.8 Å². The third-order valence-corrected chi connectivity index (χ3v) is 3.03. The van der Waals surface area contributed by atoms with Crippen LogP contribution < -0.4 is 0 Å². The average Bonchev–Trinajstić information content (AvgIpc) is 2.13. The van der Waals surface area contributed by atoms with Crippen molar-refractivity contribution in [1.29, 1.82) is 0 Å².